The Morgan fingerprint density at radius 3 is 2.65 bits per heavy atom. The molecule has 0 spiro atoms. The summed E-state index contributed by atoms with van der Waals surface area (Å²) in [6.07, 6.45) is 1.48. The van der Waals surface area contributed by atoms with Crippen LogP contribution in [0.2, 0.25) is 0 Å². The number of rotatable bonds is 9. The number of pyridine rings is 2. The number of morpholine rings is 1. The molecule has 0 bridgehead atoms. The molecule has 0 aromatic carbocycles. The molecule has 182 valence electrons. The van der Waals surface area contributed by atoms with Crippen molar-refractivity contribution in [3.63, 3.8) is 0 Å². The van der Waals surface area contributed by atoms with Crippen molar-refractivity contribution in [2.45, 2.75) is 38.8 Å². The second-order valence-corrected chi connectivity index (χ2v) is 7.86. The third-order valence-electron chi connectivity index (χ3n) is 5.37. The Bertz CT molecular complexity index is 1060. The van der Waals surface area contributed by atoms with E-state index in [0.29, 0.717) is 39.1 Å². The van der Waals surface area contributed by atoms with E-state index < -0.39 is 29.8 Å². The van der Waals surface area contributed by atoms with Gasteiger partial charge in [-0.15, -0.1) is 0 Å². The van der Waals surface area contributed by atoms with Gasteiger partial charge in [-0.05, 0) is 19.4 Å². The molecule has 12 heteroatoms. The van der Waals surface area contributed by atoms with E-state index in [9.17, 15) is 18.8 Å². The number of ether oxygens (including phenoxy) is 1. The highest BCUT2D eigenvalue weighted by Gasteiger charge is 2.22. The van der Waals surface area contributed by atoms with E-state index in [1.54, 1.807) is 11.8 Å². The molecule has 2 aromatic rings. The minimum Gasteiger partial charge on any atom is -0.465 e. The van der Waals surface area contributed by atoms with Crippen LogP contribution in [0, 0.1) is 23.0 Å². The SMILES string of the molecule is CCC[C@@H](Nc1nc(Nc2cnc(N3CCOCC3)c(F)c2)c(C#N)cc1F)[C@H](C)NC(=O)O. The first kappa shape index (κ1) is 24.9. The van der Waals surface area contributed by atoms with E-state index in [-0.39, 0.29) is 28.7 Å². The average molecular weight is 476 g/mol. The zero-order valence-electron chi connectivity index (χ0n) is 18.9. The van der Waals surface area contributed by atoms with Gasteiger partial charge in [-0.2, -0.15) is 5.26 Å². The number of hydrogen-bond donors (Lipinski definition) is 4. The van der Waals surface area contributed by atoms with Crippen molar-refractivity contribution in [3.05, 3.63) is 35.5 Å². The fourth-order valence-corrected chi connectivity index (χ4v) is 3.64. The summed E-state index contributed by atoms with van der Waals surface area (Å²) in [5, 5.41) is 26.6. The molecule has 0 unspecified atom stereocenters. The molecule has 2 atom stereocenters. The van der Waals surface area contributed by atoms with Gasteiger partial charge in [0.05, 0.1) is 30.7 Å². The summed E-state index contributed by atoms with van der Waals surface area (Å²) >= 11 is 0. The zero-order chi connectivity index (χ0) is 24.7. The third kappa shape index (κ3) is 6.20. The van der Waals surface area contributed by atoms with Gasteiger partial charge in [0.25, 0.3) is 0 Å². The topological polar surface area (TPSA) is 135 Å². The molecular formula is C22H27F2N7O3. The molecular weight excluding hydrogens is 448 g/mol. The molecule has 34 heavy (non-hydrogen) atoms. The first-order chi connectivity index (χ1) is 16.3. The van der Waals surface area contributed by atoms with E-state index in [1.165, 1.54) is 12.3 Å². The minimum atomic E-state index is -1.19. The van der Waals surface area contributed by atoms with Crippen LogP contribution < -0.4 is 20.9 Å². The largest absolute Gasteiger partial charge is 0.465 e. The molecule has 3 heterocycles. The Kier molecular flexibility index (Phi) is 8.37. The lowest BCUT2D eigenvalue weighted by Crippen LogP contribution is -2.44. The maximum absolute atomic E-state index is 14.7. The van der Waals surface area contributed by atoms with E-state index in [0.717, 1.165) is 6.07 Å². The van der Waals surface area contributed by atoms with Crippen molar-refractivity contribution < 1.29 is 23.4 Å². The van der Waals surface area contributed by atoms with Crippen molar-refractivity contribution in [2.75, 3.05) is 41.8 Å². The molecule has 4 N–H and O–H groups in total. The van der Waals surface area contributed by atoms with Crippen LogP contribution in [0.5, 0.6) is 0 Å². The maximum atomic E-state index is 14.7. The normalized spacial score (nSPS) is 15.2. The Hall–Kier alpha value is -3.72. The molecule has 3 rings (SSSR count). The Balaban J connectivity index is 1.84. The van der Waals surface area contributed by atoms with E-state index >= 15 is 0 Å². The molecule has 1 aliphatic heterocycles. The minimum absolute atomic E-state index is 0.0146. The second kappa shape index (κ2) is 11.4. The molecule has 0 saturated carbocycles. The number of anilines is 4. The fourth-order valence-electron chi connectivity index (χ4n) is 3.64. The van der Waals surface area contributed by atoms with Crippen molar-refractivity contribution in [1.29, 1.82) is 5.26 Å². The van der Waals surface area contributed by atoms with Crippen LogP contribution in [0.1, 0.15) is 32.3 Å². The highest BCUT2D eigenvalue weighted by Crippen LogP contribution is 2.27. The maximum Gasteiger partial charge on any atom is 0.404 e. The number of carbonyl (C=O) groups is 1. The number of amides is 1. The average Bonchev–Trinajstić information content (AvgIpc) is 2.80. The molecule has 1 saturated heterocycles. The lowest BCUT2D eigenvalue weighted by molar-refractivity contribution is 0.122. The van der Waals surface area contributed by atoms with E-state index in [1.807, 2.05) is 13.0 Å². The summed E-state index contributed by atoms with van der Waals surface area (Å²) in [6.45, 7) is 5.60. The molecule has 10 nitrogen and oxygen atoms in total. The van der Waals surface area contributed by atoms with Crippen LogP contribution in [0.3, 0.4) is 0 Å². The van der Waals surface area contributed by atoms with Gasteiger partial charge in [0.2, 0.25) is 0 Å². The van der Waals surface area contributed by atoms with Crippen LogP contribution in [0.25, 0.3) is 0 Å². The number of nitriles is 1. The fraction of sp³-hybridized carbons (Fsp3) is 0.455. The molecule has 0 aliphatic carbocycles. The van der Waals surface area contributed by atoms with Crippen LogP contribution in [0.4, 0.5) is 36.7 Å². The third-order valence-corrected chi connectivity index (χ3v) is 5.37. The summed E-state index contributed by atoms with van der Waals surface area (Å²) in [5.74, 6) is -1.26. The molecule has 1 amide bonds. The van der Waals surface area contributed by atoms with Gasteiger partial charge < -0.3 is 30.7 Å². The van der Waals surface area contributed by atoms with Crippen molar-refractivity contribution >= 4 is 29.2 Å². The number of carboxylic acid groups (broad SMARTS) is 1. The predicted octanol–water partition coefficient (Wildman–Crippen LogP) is 3.44. The van der Waals surface area contributed by atoms with E-state index in [2.05, 4.69) is 25.9 Å². The van der Waals surface area contributed by atoms with Gasteiger partial charge in [-0.25, -0.2) is 23.5 Å². The van der Waals surface area contributed by atoms with Gasteiger partial charge >= 0.3 is 6.09 Å². The quantitative estimate of drug-likeness (QED) is 0.430. The Morgan fingerprint density at radius 1 is 1.29 bits per heavy atom. The number of hydrogen-bond acceptors (Lipinski definition) is 8. The zero-order valence-corrected chi connectivity index (χ0v) is 18.9. The number of nitrogens with zero attached hydrogens (tertiary/aromatic N) is 4. The van der Waals surface area contributed by atoms with E-state index in [4.69, 9.17) is 9.84 Å². The van der Waals surface area contributed by atoms with Crippen molar-refractivity contribution in [2.24, 2.45) is 0 Å². The van der Waals surface area contributed by atoms with Crippen molar-refractivity contribution in [1.82, 2.24) is 15.3 Å². The highest BCUT2D eigenvalue weighted by atomic mass is 19.1. The predicted molar refractivity (Wildman–Crippen MR) is 122 cm³/mol. The Morgan fingerprint density at radius 2 is 2.03 bits per heavy atom. The molecule has 1 fully saturated rings. The molecule has 0 radical (unpaired) electrons. The number of nitrogens with one attached hydrogen (secondary N) is 3. The Labute approximate surface area is 196 Å². The van der Waals surface area contributed by atoms with Gasteiger partial charge in [0.15, 0.2) is 29.1 Å². The van der Waals surface area contributed by atoms with Gasteiger partial charge in [0.1, 0.15) is 6.07 Å². The summed E-state index contributed by atoms with van der Waals surface area (Å²) in [5.41, 5.74) is 0.159. The summed E-state index contributed by atoms with van der Waals surface area (Å²) < 4.78 is 34.7. The van der Waals surface area contributed by atoms with Crippen LogP contribution in [0.15, 0.2) is 18.3 Å². The van der Waals surface area contributed by atoms with Crippen LogP contribution >= 0.6 is 0 Å². The number of aromatic nitrogens is 2. The van der Waals surface area contributed by atoms with Crippen LogP contribution in [-0.4, -0.2) is 59.6 Å². The first-order valence-electron chi connectivity index (χ1n) is 10.9. The van der Waals surface area contributed by atoms with Crippen molar-refractivity contribution in [3.8, 4) is 6.07 Å². The summed E-state index contributed by atoms with van der Waals surface area (Å²) in [7, 11) is 0. The smallest absolute Gasteiger partial charge is 0.404 e. The number of halogens is 2. The molecule has 2 aromatic heterocycles. The van der Waals surface area contributed by atoms with Gasteiger partial charge in [0, 0.05) is 31.2 Å². The second-order valence-electron chi connectivity index (χ2n) is 7.86. The monoisotopic (exact) mass is 475 g/mol. The lowest BCUT2D eigenvalue weighted by atomic mass is 10.0. The summed E-state index contributed by atoms with van der Waals surface area (Å²) in [6, 6.07) is 3.14. The first-order valence-corrected chi connectivity index (χ1v) is 10.9. The standard InChI is InChI=1S/C22H27F2N7O3/c1-3-4-18(13(2)27-22(32)33)29-20-16(23)9-14(11-25)19(30-20)28-15-10-17(24)21(26-12-15)31-5-7-34-8-6-31/h9-10,12-13,18,27H,3-8H2,1-2H3,(H,32,33)(H2,28,29,30)/t13-,18+/m0/s1. The molecule has 1 aliphatic rings. The highest BCUT2D eigenvalue weighted by molar-refractivity contribution is 5.66. The van der Waals surface area contributed by atoms with Gasteiger partial charge in [-0.3, -0.25) is 0 Å². The van der Waals surface area contributed by atoms with Gasteiger partial charge in [-0.1, -0.05) is 13.3 Å². The van der Waals surface area contributed by atoms with Crippen LogP contribution in [-0.2, 0) is 4.74 Å². The summed E-state index contributed by atoms with van der Waals surface area (Å²) in [4.78, 5) is 21.2. The lowest BCUT2D eigenvalue weighted by Gasteiger charge is -2.28.